The summed E-state index contributed by atoms with van der Waals surface area (Å²) in [6.45, 7) is 5.49. The molecular formula is C20H32N2O2. The fourth-order valence-corrected chi connectivity index (χ4v) is 3.65. The molecule has 2 rings (SSSR count). The number of carbonyl (C=O) groups excluding carboxylic acids is 1. The van der Waals surface area contributed by atoms with Crippen molar-refractivity contribution in [2.24, 2.45) is 5.73 Å². The first-order valence-corrected chi connectivity index (χ1v) is 9.11. The molecule has 1 amide bonds. The lowest BCUT2D eigenvalue weighted by molar-refractivity contribution is -0.123. The van der Waals surface area contributed by atoms with Gasteiger partial charge < -0.3 is 15.8 Å². The largest absolute Gasteiger partial charge is 0.380 e. The lowest BCUT2D eigenvalue weighted by Gasteiger charge is -2.30. The van der Waals surface area contributed by atoms with Crippen LogP contribution in [0, 0.1) is 0 Å². The van der Waals surface area contributed by atoms with E-state index in [1.807, 2.05) is 0 Å². The van der Waals surface area contributed by atoms with Gasteiger partial charge in [0.1, 0.15) is 0 Å². The van der Waals surface area contributed by atoms with Crippen molar-refractivity contribution < 1.29 is 9.53 Å². The maximum Gasteiger partial charge on any atom is 0.222 e. The molecule has 0 aliphatic heterocycles. The molecule has 0 aromatic heterocycles. The van der Waals surface area contributed by atoms with Crippen LogP contribution in [0.15, 0.2) is 24.3 Å². The van der Waals surface area contributed by atoms with Gasteiger partial charge in [-0.1, -0.05) is 51.0 Å². The number of methoxy groups -OCH3 is 1. The Hall–Kier alpha value is -1.39. The van der Waals surface area contributed by atoms with Crippen LogP contribution < -0.4 is 11.1 Å². The molecule has 1 unspecified atom stereocenters. The molecule has 134 valence electrons. The van der Waals surface area contributed by atoms with Crippen molar-refractivity contribution in [2.75, 3.05) is 20.2 Å². The Kier molecular flexibility index (Phi) is 6.81. The molecule has 0 heterocycles. The second-order valence-corrected chi connectivity index (χ2v) is 7.34. The van der Waals surface area contributed by atoms with Crippen molar-refractivity contribution in [3.05, 3.63) is 35.4 Å². The van der Waals surface area contributed by atoms with Crippen LogP contribution in [0.5, 0.6) is 0 Å². The predicted octanol–water partition coefficient (Wildman–Crippen LogP) is 3.10. The zero-order valence-electron chi connectivity index (χ0n) is 15.3. The van der Waals surface area contributed by atoms with Crippen molar-refractivity contribution in [2.45, 2.75) is 63.4 Å². The maximum atomic E-state index is 12.2. The number of ether oxygens (including phenoxy) is 1. The molecule has 24 heavy (non-hydrogen) atoms. The topological polar surface area (TPSA) is 64.3 Å². The standard InChI is InChI=1S/C20H32N2O2/c1-15(2)16-6-8-17(9-7-16)20(10-4-5-11-20)14-22-19(23)12-18(13-21)24-3/h6-9,15,18H,4-5,10-14,21H2,1-3H3,(H,22,23). The minimum Gasteiger partial charge on any atom is -0.380 e. The van der Waals surface area contributed by atoms with Crippen LogP contribution in [0.1, 0.15) is 63.0 Å². The number of carbonyl (C=O) groups is 1. The monoisotopic (exact) mass is 332 g/mol. The SMILES string of the molecule is COC(CN)CC(=O)NCC1(c2ccc(C(C)C)cc2)CCCC1. The minimum absolute atomic E-state index is 0.0253. The van der Waals surface area contributed by atoms with Gasteiger partial charge in [0.05, 0.1) is 12.5 Å². The van der Waals surface area contributed by atoms with E-state index in [1.54, 1.807) is 7.11 Å². The Morgan fingerprint density at radius 2 is 1.88 bits per heavy atom. The summed E-state index contributed by atoms with van der Waals surface area (Å²) in [6, 6.07) is 8.98. The number of benzene rings is 1. The molecule has 1 aromatic carbocycles. The van der Waals surface area contributed by atoms with E-state index in [0.29, 0.717) is 25.4 Å². The van der Waals surface area contributed by atoms with Gasteiger partial charge in [0.25, 0.3) is 0 Å². The van der Waals surface area contributed by atoms with Gasteiger partial charge >= 0.3 is 0 Å². The molecule has 1 atom stereocenters. The molecule has 1 aliphatic rings. The third-order valence-corrected chi connectivity index (χ3v) is 5.38. The molecular weight excluding hydrogens is 300 g/mol. The van der Waals surface area contributed by atoms with Gasteiger partial charge in [-0.05, 0) is 29.9 Å². The Labute approximate surface area is 146 Å². The highest BCUT2D eigenvalue weighted by Crippen LogP contribution is 2.41. The normalized spacial score (nSPS) is 17.9. The van der Waals surface area contributed by atoms with Crippen molar-refractivity contribution in [3.8, 4) is 0 Å². The second kappa shape index (κ2) is 8.63. The Morgan fingerprint density at radius 1 is 1.25 bits per heavy atom. The van der Waals surface area contributed by atoms with Gasteiger partial charge in [-0.3, -0.25) is 4.79 Å². The number of nitrogens with two attached hydrogens (primary N) is 1. The summed E-state index contributed by atoms with van der Waals surface area (Å²) in [5.74, 6) is 0.567. The molecule has 0 radical (unpaired) electrons. The average Bonchev–Trinajstić information content (AvgIpc) is 3.08. The van der Waals surface area contributed by atoms with E-state index in [2.05, 4.69) is 43.4 Å². The quantitative estimate of drug-likeness (QED) is 0.769. The number of hydrogen-bond donors (Lipinski definition) is 2. The zero-order valence-corrected chi connectivity index (χ0v) is 15.3. The Balaban J connectivity index is 2.04. The van der Waals surface area contributed by atoms with Crippen molar-refractivity contribution in [1.29, 1.82) is 0 Å². The summed E-state index contributed by atoms with van der Waals surface area (Å²) in [7, 11) is 1.60. The molecule has 1 aromatic rings. The van der Waals surface area contributed by atoms with Crippen molar-refractivity contribution >= 4 is 5.91 Å². The van der Waals surface area contributed by atoms with Gasteiger partial charge in [0.15, 0.2) is 0 Å². The molecule has 0 bridgehead atoms. The molecule has 4 nitrogen and oxygen atoms in total. The number of nitrogens with one attached hydrogen (secondary N) is 1. The van der Waals surface area contributed by atoms with Crippen molar-refractivity contribution in [1.82, 2.24) is 5.32 Å². The first-order chi connectivity index (χ1) is 11.5. The van der Waals surface area contributed by atoms with Gasteiger partial charge in [-0.25, -0.2) is 0 Å². The smallest absolute Gasteiger partial charge is 0.222 e. The van der Waals surface area contributed by atoms with Gasteiger partial charge in [-0.2, -0.15) is 0 Å². The lowest BCUT2D eigenvalue weighted by atomic mass is 9.78. The summed E-state index contributed by atoms with van der Waals surface area (Å²) in [5.41, 5.74) is 8.40. The number of amides is 1. The van der Waals surface area contributed by atoms with Crippen LogP contribution in [-0.2, 0) is 14.9 Å². The molecule has 1 saturated carbocycles. The van der Waals surface area contributed by atoms with E-state index in [9.17, 15) is 4.79 Å². The van der Waals surface area contributed by atoms with Crippen LogP contribution in [-0.4, -0.2) is 32.2 Å². The molecule has 3 N–H and O–H groups in total. The van der Waals surface area contributed by atoms with Crippen LogP contribution >= 0.6 is 0 Å². The van der Waals surface area contributed by atoms with E-state index in [-0.39, 0.29) is 17.4 Å². The summed E-state index contributed by atoms with van der Waals surface area (Å²) >= 11 is 0. The van der Waals surface area contributed by atoms with E-state index in [0.717, 1.165) is 12.8 Å². The second-order valence-electron chi connectivity index (χ2n) is 7.34. The van der Waals surface area contributed by atoms with Gasteiger partial charge in [0.2, 0.25) is 5.91 Å². The maximum absolute atomic E-state index is 12.2. The first-order valence-electron chi connectivity index (χ1n) is 9.11. The van der Waals surface area contributed by atoms with Crippen LogP contribution in [0.3, 0.4) is 0 Å². The molecule has 0 spiro atoms. The predicted molar refractivity (Wildman–Crippen MR) is 98.2 cm³/mol. The molecule has 1 aliphatic carbocycles. The fraction of sp³-hybridized carbons (Fsp3) is 0.650. The summed E-state index contributed by atoms with van der Waals surface area (Å²) in [4.78, 5) is 12.2. The summed E-state index contributed by atoms with van der Waals surface area (Å²) in [5, 5.41) is 3.13. The fourth-order valence-electron chi connectivity index (χ4n) is 3.65. The highest BCUT2D eigenvalue weighted by atomic mass is 16.5. The molecule has 0 saturated heterocycles. The molecule has 4 heteroatoms. The van der Waals surface area contributed by atoms with Crippen LogP contribution in [0.25, 0.3) is 0 Å². The molecule has 1 fully saturated rings. The summed E-state index contributed by atoms with van der Waals surface area (Å²) < 4.78 is 5.20. The number of rotatable bonds is 8. The lowest BCUT2D eigenvalue weighted by Crippen LogP contribution is -2.41. The third kappa shape index (κ3) is 4.58. The van der Waals surface area contributed by atoms with E-state index >= 15 is 0 Å². The first kappa shape index (κ1) is 18.9. The van der Waals surface area contributed by atoms with Crippen molar-refractivity contribution in [3.63, 3.8) is 0 Å². The Bertz CT molecular complexity index is 515. The highest BCUT2D eigenvalue weighted by Gasteiger charge is 2.36. The van der Waals surface area contributed by atoms with E-state index < -0.39 is 0 Å². The average molecular weight is 332 g/mol. The van der Waals surface area contributed by atoms with Crippen LogP contribution in [0.4, 0.5) is 0 Å². The summed E-state index contributed by atoms with van der Waals surface area (Å²) in [6.07, 6.45) is 4.86. The minimum atomic E-state index is -0.199. The number of hydrogen-bond acceptors (Lipinski definition) is 3. The van der Waals surface area contributed by atoms with E-state index in [1.165, 1.54) is 24.0 Å². The zero-order chi connectivity index (χ0) is 17.6. The van der Waals surface area contributed by atoms with E-state index in [4.69, 9.17) is 10.5 Å². The Morgan fingerprint density at radius 3 is 2.38 bits per heavy atom. The van der Waals surface area contributed by atoms with Gasteiger partial charge in [0, 0.05) is 25.6 Å². The van der Waals surface area contributed by atoms with Crippen LogP contribution in [0.2, 0.25) is 0 Å². The highest BCUT2D eigenvalue weighted by molar-refractivity contribution is 5.76. The van der Waals surface area contributed by atoms with Gasteiger partial charge in [-0.15, -0.1) is 0 Å². The third-order valence-electron chi connectivity index (χ3n) is 5.38.